The Morgan fingerprint density at radius 3 is 2.61 bits per heavy atom. The van der Waals surface area contributed by atoms with Gasteiger partial charge in [-0.15, -0.1) is 0 Å². The van der Waals surface area contributed by atoms with Gasteiger partial charge in [-0.25, -0.2) is 0 Å². The molecule has 1 saturated heterocycles. The minimum absolute atomic E-state index is 0.116. The van der Waals surface area contributed by atoms with E-state index in [-0.39, 0.29) is 11.3 Å². The van der Waals surface area contributed by atoms with Gasteiger partial charge in [0.05, 0.1) is 18.2 Å². The SMILES string of the molecule is Cc1cc(/C(O)=C2\C(=O)C(=O)N(CCCN(C)C)C2c2c[nH]c3ccccc23)ccc1OCC(C)C. The highest BCUT2D eigenvalue weighted by molar-refractivity contribution is 6.46. The number of para-hydroxylation sites is 1. The number of benzene rings is 2. The van der Waals surface area contributed by atoms with Crippen molar-refractivity contribution in [2.24, 2.45) is 5.92 Å². The van der Waals surface area contributed by atoms with Gasteiger partial charge in [0.2, 0.25) is 0 Å². The number of amides is 1. The largest absolute Gasteiger partial charge is 0.507 e. The average Bonchev–Trinajstić information content (AvgIpc) is 3.36. The summed E-state index contributed by atoms with van der Waals surface area (Å²) in [4.78, 5) is 33.5. The molecule has 1 amide bonds. The van der Waals surface area contributed by atoms with E-state index in [1.165, 1.54) is 0 Å². The Kier molecular flexibility index (Phi) is 7.50. The minimum atomic E-state index is -0.680. The zero-order valence-electron chi connectivity index (χ0n) is 21.7. The van der Waals surface area contributed by atoms with E-state index >= 15 is 0 Å². The Morgan fingerprint density at radius 2 is 1.92 bits per heavy atom. The molecule has 190 valence electrons. The van der Waals surface area contributed by atoms with Crippen LogP contribution in [-0.2, 0) is 9.59 Å². The number of hydrogen-bond acceptors (Lipinski definition) is 5. The topological polar surface area (TPSA) is 85.9 Å². The van der Waals surface area contributed by atoms with Crippen molar-refractivity contribution in [1.29, 1.82) is 0 Å². The summed E-state index contributed by atoms with van der Waals surface area (Å²) in [6, 6.07) is 12.4. The maximum Gasteiger partial charge on any atom is 0.295 e. The molecule has 0 saturated carbocycles. The third kappa shape index (κ3) is 5.02. The molecule has 1 aliphatic heterocycles. The first kappa shape index (κ1) is 25.5. The van der Waals surface area contributed by atoms with Gasteiger partial charge in [-0.3, -0.25) is 9.59 Å². The lowest BCUT2D eigenvalue weighted by molar-refractivity contribution is -0.139. The second kappa shape index (κ2) is 10.6. The lowest BCUT2D eigenvalue weighted by Gasteiger charge is -2.25. The first-order valence-corrected chi connectivity index (χ1v) is 12.4. The second-order valence-electron chi connectivity index (χ2n) is 10.1. The highest BCUT2D eigenvalue weighted by Gasteiger charge is 2.46. The van der Waals surface area contributed by atoms with E-state index in [0.29, 0.717) is 31.1 Å². The van der Waals surface area contributed by atoms with Crippen molar-refractivity contribution in [1.82, 2.24) is 14.8 Å². The smallest absolute Gasteiger partial charge is 0.295 e. The third-order valence-electron chi connectivity index (χ3n) is 6.48. The van der Waals surface area contributed by atoms with Crippen molar-refractivity contribution >= 4 is 28.4 Å². The molecule has 1 atom stereocenters. The maximum atomic E-state index is 13.3. The summed E-state index contributed by atoms with van der Waals surface area (Å²) in [5.74, 6) is -0.295. The molecule has 4 rings (SSSR count). The summed E-state index contributed by atoms with van der Waals surface area (Å²) >= 11 is 0. The first-order valence-electron chi connectivity index (χ1n) is 12.4. The molecular formula is C29H35N3O4. The summed E-state index contributed by atoms with van der Waals surface area (Å²) in [6.07, 6.45) is 2.54. The number of rotatable bonds is 9. The molecule has 3 aromatic rings. The van der Waals surface area contributed by atoms with Crippen molar-refractivity contribution in [3.63, 3.8) is 0 Å². The highest BCUT2D eigenvalue weighted by atomic mass is 16.5. The van der Waals surface area contributed by atoms with Crippen molar-refractivity contribution in [2.45, 2.75) is 33.2 Å². The quantitative estimate of drug-likeness (QED) is 0.254. The van der Waals surface area contributed by atoms with E-state index in [1.54, 1.807) is 23.1 Å². The summed E-state index contributed by atoms with van der Waals surface area (Å²) < 4.78 is 5.87. The molecule has 1 aromatic heterocycles. The van der Waals surface area contributed by atoms with Gasteiger partial charge >= 0.3 is 0 Å². The number of ketones is 1. The fourth-order valence-electron chi connectivity index (χ4n) is 4.68. The third-order valence-corrected chi connectivity index (χ3v) is 6.48. The number of aromatic nitrogens is 1. The van der Waals surface area contributed by atoms with E-state index in [2.05, 4.69) is 18.8 Å². The number of ether oxygens (including phenoxy) is 1. The second-order valence-corrected chi connectivity index (χ2v) is 10.1. The number of aromatic amines is 1. The lowest BCUT2D eigenvalue weighted by Crippen LogP contribution is -2.32. The maximum absolute atomic E-state index is 13.3. The number of aryl methyl sites for hydroxylation is 1. The van der Waals surface area contributed by atoms with Gasteiger partial charge in [0.15, 0.2) is 0 Å². The molecule has 0 bridgehead atoms. The summed E-state index contributed by atoms with van der Waals surface area (Å²) in [6.45, 7) is 7.84. The summed E-state index contributed by atoms with van der Waals surface area (Å²) in [7, 11) is 3.95. The number of H-pyrrole nitrogens is 1. The van der Waals surface area contributed by atoms with Crippen molar-refractivity contribution in [2.75, 3.05) is 33.8 Å². The van der Waals surface area contributed by atoms with Gasteiger partial charge in [0.1, 0.15) is 11.5 Å². The Balaban J connectivity index is 1.79. The van der Waals surface area contributed by atoms with Gasteiger partial charge in [0, 0.05) is 34.8 Å². The lowest BCUT2D eigenvalue weighted by atomic mass is 9.94. The number of aliphatic hydroxyl groups is 1. The van der Waals surface area contributed by atoms with Crippen LogP contribution in [0.5, 0.6) is 5.75 Å². The molecule has 7 nitrogen and oxygen atoms in total. The molecule has 0 aliphatic carbocycles. The number of fused-ring (bicyclic) bond motifs is 1. The van der Waals surface area contributed by atoms with Crippen LogP contribution in [0.3, 0.4) is 0 Å². The fourth-order valence-corrected chi connectivity index (χ4v) is 4.68. The standard InChI is InChI=1S/C29H35N3O4/c1-18(2)17-36-24-12-11-20(15-19(24)3)27(33)25-26(22-16-30-23-10-7-6-9-21(22)23)32(29(35)28(25)34)14-8-13-31(4)5/h6-7,9-12,15-16,18,26,30,33H,8,13-14,17H2,1-5H3/b27-25+. The molecule has 0 spiro atoms. The molecule has 2 heterocycles. The summed E-state index contributed by atoms with van der Waals surface area (Å²) in [5, 5.41) is 12.4. The molecular weight excluding hydrogens is 454 g/mol. The van der Waals surface area contributed by atoms with Crippen molar-refractivity contribution in [3.05, 3.63) is 70.9 Å². The van der Waals surface area contributed by atoms with Gasteiger partial charge in [-0.1, -0.05) is 32.0 Å². The predicted octanol–water partition coefficient (Wildman–Crippen LogP) is 4.88. The number of Topliss-reactive ketones (excluding diaryl/α,β-unsaturated/α-hetero) is 1. The normalized spacial score (nSPS) is 17.6. The highest BCUT2D eigenvalue weighted by Crippen LogP contribution is 2.42. The van der Waals surface area contributed by atoms with Gasteiger partial charge in [-0.2, -0.15) is 0 Å². The van der Waals surface area contributed by atoms with Crippen LogP contribution in [-0.4, -0.2) is 65.4 Å². The number of nitrogens with one attached hydrogen (secondary N) is 1. The van der Waals surface area contributed by atoms with Crippen LogP contribution in [0.4, 0.5) is 0 Å². The van der Waals surface area contributed by atoms with Crippen LogP contribution in [0.2, 0.25) is 0 Å². The van der Waals surface area contributed by atoms with Crippen LogP contribution < -0.4 is 4.74 Å². The molecule has 1 fully saturated rings. The zero-order chi connectivity index (χ0) is 26.0. The van der Waals surface area contributed by atoms with E-state index in [9.17, 15) is 14.7 Å². The molecule has 2 aromatic carbocycles. The van der Waals surface area contributed by atoms with Gasteiger partial charge < -0.3 is 24.6 Å². The van der Waals surface area contributed by atoms with E-state index < -0.39 is 17.7 Å². The van der Waals surface area contributed by atoms with Gasteiger partial charge in [-0.05, 0) is 69.7 Å². The summed E-state index contributed by atoms with van der Waals surface area (Å²) in [5.41, 5.74) is 3.16. The van der Waals surface area contributed by atoms with E-state index in [1.807, 2.05) is 56.4 Å². The number of nitrogens with zero attached hydrogens (tertiary/aromatic N) is 2. The molecule has 1 unspecified atom stereocenters. The van der Waals surface area contributed by atoms with Crippen molar-refractivity contribution < 1.29 is 19.4 Å². The fraction of sp³-hybridized carbons (Fsp3) is 0.379. The van der Waals surface area contributed by atoms with Gasteiger partial charge in [0.25, 0.3) is 11.7 Å². The van der Waals surface area contributed by atoms with Crippen LogP contribution >= 0.6 is 0 Å². The minimum Gasteiger partial charge on any atom is -0.507 e. The van der Waals surface area contributed by atoms with Crippen LogP contribution in [0, 0.1) is 12.8 Å². The first-order chi connectivity index (χ1) is 17.2. The van der Waals surface area contributed by atoms with Crippen LogP contribution in [0.25, 0.3) is 16.7 Å². The Morgan fingerprint density at radius 1 is 1.17 bits per heavy atom. The molecule has 1 aliphatic rings. The molecule has 36 heavy (non-hydrogen) atoms. The number of aliphatic hydroxyl groups excluding tert-OH is 1. The number of carbonyl (C=O) groups excluding carboxylic acids is 2. The predicted molar refractivity (Wildman–Crippen MR) is 142 cm³/mol. The molecule has 2 N–H and O–H groups in total. The van der Waals surface area contributed by atoms with E-state index in [4.69, 9.17) is 4.74 Å². The van der Waals surface area contributed by atoms with Crippen LogP contribution in [0.15, 0.2) is 54.2 Å². The Labute approximate surface area is 212 Å². The van der Waals surface area contributed by atoms with E-state index in [0.717, 1.165) is 34.3 Å². The zero-order valence-corrected chi connectivity index (χ0v) is 21.7. The number of carbonyl (C=O) groups is 2. The Bertz CT molecular complexity index is 1300. The number of likely N-dealkylation sites (tertiary alicyclic amines) is 1. The molecule has 0 radical (unpaired) electrons. The average molecular weight is 490 g/mol. The van der Waals surface area contributed by atoms with Crippen LogP contribution in [0.1, 0.15) is 43.0 Å². The van der Waals surface area contributed by atoms with Crippen molar-refractivity contribution in [3.8, 4) is 5.75 Å². The monoisotopic (exact) mass is 489 g/mol. The molecule has 7 heteroatoms. The number of hydrogen-bond donors (Lipinski definition) is 2. The Hall–Kier alpha value is -3.58.